The molecule has 1 aromatic heterocycles. The van der Waals surface area contributed by atoms with Gasteiger partial charge in [-0.1, -0.05) is 29.8 Å². The van der Waals surface area contributed by atoms with Crippen LogP contribution in [0.25, 0.3) is 0 Å². The summed E-state index contributed by atoms with van der Waals surface area (Å²) in [6, 6.07) is 13.0. The van der Waals surface area contributed by atoms with Crippen molar-refractivity contribution in [3.8, 4) is 0 Å². The van der Waals surface area contributed by atoms with Crippen LogP contribution >= 0.6 is 0 Å². The van der Waals surface area contributed by atoms with Crippen LogP contribution in [0.4, 0.5) is 0 Å². The van der Waals surface area contributed by atoms with Crippen LogP contribution in [0.1, 0.15) is 22.4 Å². The Morgan fingerprint density at radius 2 is 1.69 bits per heavy atom. The molecule has 0 saturated heterocycles. The van der Waals surface area contributed by atoms with E-state index in [1.807, 2.05) is 13.1 Å². The van der Waals surface area contributed by atoms with Gasteiger partial charge in [-0.25, -0.2) is 0 Å². The molecule has 1 heterocycles. The number of rotatable bonds is 3. The molecule has 0 bridgehead atoms. The quantitative estimate of drug-likeness (QED) is 0.757. The highest BCUT2D eigenvalue weighted by Crippen LogP contribution is 2.09. The zero-order chi connectivity index (χ0) is 11.4. The molecule has 0 aliphatic rings. The topological polar surface area (TPSA) is 12.9 Å². The first-order valence-electron chi connectivity index (χ1n) is 5.71. The molecule has 0 N–H and O–H groups in total. The van der Waals surface area contributed by atoms with Gasteiger partial charge in [0.2, 0.25) is 0 Å². The molecule has 0 amide bonds. The maximum atomic E-state index is 4.21. The van der Waals surface area contributed by atoms with Gasteiger partial charge in [-0.15, -0.1) is 0 Å². The SMILES string of the molecule is Cc1cccc(CCc2ccnc(C)c2)c1. The summed E-state index contributed by atoms with van der Waals surface area (Å²) in [6.07, 6.45) is 4.08. The smallest absolute Gasteiger partial charge is 0.0375 e. The molecule has 0 saturated carbocycles. The monoisotopic (exact) mass is 211 g/mol. The Hall–Kier alpha value is -1.63. The average Bonchev–Trinajstić information content (AvgIpc) is 2.27. The predicted molar refractivity (Wildman–Crippen MR) is 67.6 cm³/mol. The first-order valence-corrected chi connectivity index (χ1v) is 5.71. The summed E-state index contributed by atoms with van der Waals surface area (Å²) >= 11 is 0. The maximum absolute atomic E-state index is 4.21. The molecule has 1 aromatic carbocycles. The van der Waals surface area contributed by atoms with Gasteiger partial charge < -0.3 is 0 Å². The van der Waals surface area contributed by atoms with Gasteiger partial charge in [-0.2, -0.15) is 0 Å². The summed E-state index contributed by atoms with van der Waals surface area (Å²) < 4.78 is 0. The molecule has 0 fully saturated rings. The lowest BCUT2D eigenvalue weighted by Gasteiger charge is -2.03. The Labute approximate surface area is 97.2 Å². The largest absolute Gasteiger partial charge is 0.262 e. The second kappa shape index (κ2) is 4.93. The summed E-state index contributed by atoms with van der Waals surface area (Å²) in [5, 5.41) is 0. The predicted octanol–water partition coefficient (Wildman–Crippen LogP) is 3.48. The van der Waals surface area contributed by atoms with Gasteiger partial charge in [0.1, 0.15) is 0 Å². The molecule has 16 heavy (non-hydrogen) atoms. The number of aryl methyl sites for hydroxylation is 4. The Bertz CT molecular complexity index is 429. The van der Waals surface area contributed by atoms with E-state index in [1.165, 1.54) is 16.7 Å². The minimum absolute atomic E-state index is 1.09. The Morgan fingerprint density at radius 1 is 0.938 bits per heavy atom. The Kier molecular flexibility index (Phi) is 3.35. The van der Waals surface area contributed by atoms with E-state index >= 15 is 0 Å². The third-order valence-corrected chi connectivity index (χ3v) is 2.75. The lowest BCUT2D eigenvalue weighted by molar-refractivity contribution is 0.948. The van der Waals surface area contributed by atoms with Crippen LogP contribution in [0.5, 0.6) is 0 Å². The third-order valence-electron chi connectivity index (χ3n) is 2.75. The van der Waals surface area contributed by atoms with E-state index < -0.39 is 0 Å². The second-order valence-electron chi connectivity index (χ2n) is 4.29. The fraction of sp³-hybridized carbons (Fsp3) is 0.267. The van der Waals surface area contributed by atoms with Crippen LogP contribution in [0, 0.1) is 13.8 Å². The molecule has 0 spiro atoms. The summed E-state index contributed by atoms with van der Waals surface area (Å²) in [5.41, 5.74) is 5.22. The zero-order valence-corrected chi connectivity index (χ0v) is 9.90. The lowest BCUT2D eigenvalue weighted by atomic mass is 10.0. The Morgan fingerprint density at radius 3 is 2.38 bits per heavy atom. The molecule has 1 nitrogen and oxygen atoms in total. The molecule has 1 heteroatoms. The van der Waals surface area contributed by atoms with Gasteiger partial charge in [0, 0.05) is 11.9 Å². The van der Waals surface area contributed by atoms with Crippen LogP contribution in [0.3, 0.4) is 0 Å². The van der Waals surface area contributed by atoms with Crippen LogP contribution in [-0.4, -0.2) is 4.98 Å². The number of aromatic nitrogens is 1. The van der Waals surface area contributed by atoms with Crippen molar-refractivity contribution in [3.05, 3.63) is 65.0 Å². The molecular weight excluding hydrogens is 194 g/mol. The van der Waals surface area contributed by atoms with Crippen LogP contribution in [0.2, 0.25) is 0 Å². The van der Waals surface area contributed by atoms with Gasteiger partial charge in [0.15, 0.2) is 0 Å². The molecule has 82 valence electrons. The van der Waals surface area contributed by atoms with Gasteiger partial charge >= 0.3 is 0 Å². The standard InChI is InChI=1S/C15H17N/c1-12-4-3-5-14(10-12)6-7-15-8-9-16-13(2)11-15/h3-5,8-11H,6-7H2,1-2H3. The normalized spacial score (nSPS) is 10.4. The van der Waals surface area contributed by atoms with E-state index in [-0.39, 0.29) is 0 Å². The van der Waals surface area contributed by atoms with Crippen LogP contribution in [0.15, 0.2) is 42.6 Å². The van der Waals surface area contributed by atoms with Crippen molar-refractivity contribution >= 4 is 0 Å². The van der Waals surface area contributed by atoms with Gasteiger partial charge in [0.05, 0.1) is 0 Å². The van der Waals surface area contributed by atoms with Crippen molar-refractivity contribution in [1.29, 1.82) is 0 Å². The first kappa shape index (κ1) is 10.9. The average molecular weight is 211 g/mol. The third kappa shape index (κ3) is 2.93. The lowest BCUT2D eigenvalue weighted by Crippen LogP contribution is -1.93. The number of nitrogens with zero attached hydrogens (tertiary/aromatic N) is 1. The van der Waals surface area contributed by atoms with Crippen molar-refractivity contribution in [2.45, 2.75) is 26.7 Å². The van der Waals surface area contributed by atoms with Crippen molar-refractivity contribution < 1.29 is 0 Å². The van der Waals surface area contributed by atoms with Crippen molar-refractivity contribution in [3.63, 3.8) is 0 Å². The van der Waals surface area contributed by atoms with Crippen molar-refractivity contribution in [2.75, 3.05) is 0 Å². The molecule has 2 aromatic rings. The van der Waals surface area contributed by atoms with E-state index in [0.717, 1.165) is 18.5 Å². The van der Waals surface area contributed by atoms with Crippen molar-refractivity contribution in [2.24, 2.45) is 0 Å². The van der Waals surface area contributed by atoms with Crippen LogP contribution in [-0.2, 0) is 12.8 Å². The van der Waals surface area contributed by atoms with E-state index in [9.17, 15) is 0 Å². The molecule has 2 rings (SSSR count). The van der Waals surface area contributed by atoms with Gasteiger partial charge in [-0.3, -0.25) is 4.98 Å². The van der Waals surface area contributed by atoms with E-state index in [0.29, 0.717) is 0 Å². The van der Waals surface area contributed by atoms with Gasteiger partial charge in [0.25, 0.3) is 0 Å². The number of pyridine rings is 1. The minimum Gasteiger partial charge on any atom is -0.262 e. The highest BCUT2D eigenvalue weighted by atomic mass is 14.6. The zero-order valence-electron chi connectivity index (χ0n) is 9.90. The Balaban J connectivity index is 2.02. The fourth-order valence-electron chi connectivity index (χ4n) is 1.92. The number of hydrogen-bond acceptors (Lipinski definition) is 1. The summed E-state index contributed by atoms with van der Waals surface area (Å²) in [5.74, 6) is 0. The fourth-order valence-corrected chi connectivity index (χ4v) is 1.92. The molecule has 0 unspecified atom stereocenters. The minimum atomic E-state index is 1.09. The van der Waals surface area contributed by atoms with Crippen LogP contribution < -0.4 is 0 Å². The molecule has 0 aliphatic carbocycles. The molecule has 0 atom stereocenters. The van der Waals surface area contributed by atoms with Crippen molar-refractivity contribution in [1.82, 2.24) is 4.98 Å². The van der Waals surface area contributed by atoms with E-state index in [1.54, 1.807) is 0 Å². The first-order chi connectivity index (χ1) is 7.74. The summed E-state index contributed by atoms with van der Waals surface area (Å²) in [7, 11) is 0. The summed E-state index contributed by atoms with van der Waals surface area (Å²) in [6.45, 7) is 4.18. The molecule has 0 radical (unpaired) electrons. The highest BCUT2D eigenvalue weighted by molar-refractivity contribution is 5.24. The second-order valence-corrected chi connectivity index (χ2v) is 4.29. The molecule has 0 aliphatic heterocycles. The number of benzene rings is 1. The molecular formula is C15H17N. The number of hydrogen-bond donors (Lipinski definition) is 0. The highest BCUT2D eigenvalue weighted by Gasteiger charge is 1.97. The van der Waals surface area contributed by atoms with E-state index in [2.05, 4.69) is 48.3 Å². The van der Waals surface area contributed by atoms with Gasteiger partial charge in [-0.05, 0) is 49.9 Å². The van der Waals surface area contributed by atoms with E-state index in [4.69, 9.17) is 0 Å². The maximum Gasteiger partial charge on any atom is 0.0375 e. The summed E-state index contributed by atoms with van der Waals surface area (Å²) in [4.78, 5) is 4.21.